The van der Waals surface area contributed by atoms with E-state index in [0.29, 0.717) is 10.7 Å². The molecule has 1 N–H and O–H groups in total. The molecule has 0 aliphatic carbocycles. The quantitative estimate of drug-likeness (QED) is 0.930. The third-order valence-corrected chi connectivity index (χ3v) is 3.48. The molecular weight excluding hydrogens is 290 g/mol. The van der Waals surface area contributed by atoms with Gasteiger partial charge in [-0.25, -0.2) is 9.78 Å². The van der Waals surface area contributed by atoms with Crippen molar-refractivity contribution in [1.82, 2.24) is 14.9 Å². The van der Waals surface area contributed by atoms with E-state index in [0.717, 1.165) is 4.90 Å². The number of carbonyl (C=O) groups is 2. The lowest BCUT2D eigenvalue weighted by molar-refractivity contribution is 0.0696. The maximum Gasteiger partial charge on any atom is 0.335 e. The van der Waals surface area contributed by atoms with Gasteiger partial charge in [0.15, 0.2) is 0 Å². The van der Waals surface area contributed by atoms with Crippen molar-refractivity contribution in [2.24, 2.45) is 0 Å². The summed E-state index contributed by atoms with van der Waals surface area (Å²) in [6.07, 6.45) is 2.99. The predicted octanol–water partition coefficient (Wildman–Crippen LogP) is 2.03. The van der Waals surface area contributed by atoms with Gasteiger partial charge in [-0.15, -0.1) is 0 Å². The lowest BCUT2D eigenvalue weighted by Crippen LogP contribution is -2.22. The number of carboxylic acid groups (broad SMARTS) is 1. The molecule has 0 atom stereocenters. The van der Waals surface area contributed by atoms with Gasteiger partial charge in [0.25, 0.3) is 5.91 Å². The lowest BCUT2D eigenvalue weighted by atomic mass is 10.3. The van der Waals surface area contributed by atoms with Crippen LogP contribution in [-0.4, -0.2) is 45.9 Å². The molecular formula is C14H13N3O3S. The molecule has 21 heavy (non-hydrogen) atoms. The van der Waals surface area contributed by atoms with E-state index in [1.165, 1.54) is 35.0 Å². The monoisotopic (exact) mass is 303 g/mol. The Balaban J connectivity index is 2.24. The zero-order valence-corrected chi connectivity index (χ0v) is 12.3. The molecule has 0 aliphatic rings. The van der Waals surface area contributed by atoms with E-state index in [4.69, 9.17) is 5.11 Å². The van der Waals surface area contributed by atoms with E-state index in [9.17, 15) is 9.59 Å². The van der Waals surface area contributed by atoms with Gasteiger partial charge in [-0.3, -0.25) is 9.78 Å². The number of carboxylic acids is 1. The van der Waals surface area contributed by atoms with Crippen LogP contribution in [0.5, 0.6) is 0 Å². The first kappa shape index (κ1) is 15.0. The zero-order valence-electron chi connectivity index (χ0n) is 11.5. The molecule has 7 heteroatoms. The van der Waals surface area contributed by atoms with Gasteiger partial charge in [-0.05, 0) is 24.3 Å². The Morgan fingerprint density at radius 3 is 2.52 bits per heavy atom. The van der Waals surface area contributed by atoms with Gasteiger partial charge >= 0.3 is 5.97 Å². The Hall–Kier alpha value is -2.41. The van der Waals surface area contributed by atoms with Crippen LogP contribution in [0, 0.1) is 0 Å². The fourth-order valence-corrected chi connectivity index (χ4v) is 2.38. The van der Waals surface area contributed by atoms with Crippen LogP contribution in [0.2, 0.25) is 0 Å². The maximum absolute atomic E-state index is 11.9. The summed E-state index contributed by atoms with van der Waals surface area (Å²) in [4.78, 5) is 33.1. The van der Waals surface area contributed by atoms with Gasteiger partial charge < -0.3 is 10.0 Å². The van der Waals surface area contributed by atoms with Crippen LogP contribution >= 0.6 is 11.8 Å². The maximum atomic E-state index is 11.9. The number of aromatic carboxylic acids is 1. The van der Waals surface area contributed by atoms with Crippen molar-refractivity contribution in [3.63, 3.8) is 0 Å². The van der Waals surface area contributed by atoms with Crippen LogP contribution in [0.4, 0.5) is 0 Å². The molecule has 2 aromatic rings. The van der Waals surface area contributed by atoms with Crippen molar-refractivity contribution in [3.8, 4) is 0 Å². The molecule has 0 aliphatic heterocycles. The molecule has 0 radical (unpaired) electrons. The van der Waals surface area contributed by atoms with E-state index in [1.807, 2.05) is 0 Å². The summed E-state index contributed by atoms with van der Waals surface area (Å²) in [6, 6.07) is 6.31. The third kappa shape index (κ3) is 3.79. The molecule has 1 amide bonds. The van der Waals surface area contributed by atoms with Crippen molar-refractivity contribution in [2.75, 3.05) is 14.1 Å². The highest BCUT2D eigenvalue weighted by Gasteiger charge is 2.11. The average Bonchev–Trinajstić information content (AvgIpc) is 2.47. The molecule has 0 fully saturated rings. The highest BCUT2D eigenvalue weighted by atomic mass is 32.2. The number of hydrogen-bond acceptors (Lipinski definition) is 5. The SMILES string of the molecule is CN(C)C(=O)c1cc(Sc2cc(C(=O)O)ccn2)ccn1. The molecule has 6 nitrogen and oxygen atoms in total. The normalized spacial score (nSPS) is 10.2. The minimum atomic E-state index is -1.00. The van der Waals surface area contributed by atoms with Gasteiger partial charge in [0, 0.05) is 31.4 Å². The Labute approximate surface area is 125 Å². The van der Waals surface area contributed by atoms with Crippen LogP contribution in [0.1, 0.15) is 20.8 Å². The smallest absolute Gasteiger partial charge is 0.335 e. The number of amides is 1. The van der Waals surface area contributed by atoms with Gasteiger partial charge in [0.2, 0.25) is 0 Å². The fraction of sp³-hybridized carbons (Fsp3) is 0.143. The number of hydrogen-bond donors (Lipinski definition) is 1. The van der Waals surface area contributed by atoms with E-state index in [1.54, 1.807) is 32.4 Å². The number of nitrogens with zero attached hydrogens (tertiary/aromatic N) is 3. The molecule has 0 saturated carbocycles. The number of rotatable bonds is 4. The second-order valence-electron chi connectivity index (χ2n) is 4.37. The Morgan fingerprint density at radius 2 is 1.86 bits per heavy atom. The second-order valence-corrected chi connectivity index (χ2v) is 5.46. The van der Waals surface area contributed by atoms with Crippen molar-refractivity contribution >= 4 is 23.6 Å². The van der Waals surface area contributed by atoms with E-state index in [-0.39, 0.29) is 11.5 Å². The van der Waals surface area contributed by atoms with Crippen LogP contribution < -0.4 is 0 Å². The van der Waals surface area contributed by atoms with Gasteiger partial charge in [0.1, 0.15) is 10.7 Å². The molecule has 0 bridgehead atoms. The largest absolute Gasteiger partial charge is 0.478 e. The second kappa shape index (κ2) is 6.36. The summed E-state index contributed by atoms with van der Waals surface area (Å²) in [5.74, 6) is -1.19. The average molecular weight is 303 g/mol. The summed E-state index contributed by atoms with van der Waals surface area (Å²) in [7, 11) is 3.31. The van der Waals surface area contributed by atoms with Crippen molar-refractivity contribution in [3.05, 3.63) is 47.9 Å². The number of aromatic nitrogens is 2. The summed E-state index contributed by atoms with van der Waals surface area (Å²) < 4.78 is 0. The van der Waals surface area contributed by atoms with Crippen LogP contribution in [0.3, 0.4) is 0 Å². The molecule has 2 rings (SSSR count). The van der Waals surface area contributed by atoms with Crippen molar-refractivity contribution in [1.29, 1.82) is 0 Å². The van der Waals surface area contributed by atoms with Crippen LogP contribution in [-0.2, 0) is 0 Å². The summed E-state index contributed by atoms with van der Waals surface area (Å²) in [5, 5.41) is 9.50. The topological polar surface area (TPSA) is 83.4 Å². The lowest BCUT2D eigenvalue weighted by Gasteiger charge is -2.10. The van der Waals surface area contributed by atoms with Crippen molar-refractivity contribution < 1.29 is 14.7 Å². The minimum absolute atomic E-state index is 0.172. The first-order valence-electron chi connectivity index (χ1n) is 6.02. The zero-order chi connectivity index (χ0) is 15.4. The first-order chi connectivity index (χ1) is 9.97. The van der Waals surface area contributed by atoms with Gasteiger partial charge in [0.05, 0.1) is 5.56 Å². The third-order valence-electron chi connectivity index (χ3n) is 2.56. The molecule has 0 saturated heterocycles. The summed E-state index contributed by atoms with van der Waals surface area (Å²) in [5.41, 5.74) is 0.505. The highest BCUT2D eigenvalue weighted by Crippen LogP contribution is 2.26. The molecule has 2 aromatic heterocycles. The van der Waals surface area contributed by atoms with Crippen molar-refractivity contribution in [2.45, 2.75) is 9.92 Å². The molecule has 0 unspecified atom stereocenters. The highest BCUT2D eigenvalue weighted by molar-refractivity contribution is 7.99. The van der Waals surface area contributed by atoms with Gasteiger partial charge in [-0.1, -0.05) is 11.8 Å². The van der Waals surface area contributed by atoms with E-state index < -0.39 is 5.97 Å². The Bertz CT molecular complexity index is 689. The Kier molecular flexibility index (Phi) is 4.54. The molecule has 2 heterocycles. The van der Waals surface area contributed by atoms with Crippen LogP contribution in [0.15, 0.2) is 46.6 Å². The summed E-state index contributed by atoms with van der Waals surface area (Å²) in [6.45, 7) is 0. The number of carbonyl (C=O) groups excluding carboxylic acids is 1. The van der Waals surface area contributed by atoms with Crippen LogP contribution in [0.25, 0.3) is 0 Å². The number of pyridine rings is 2. The first-order valence-corrected chi connectivity index (χ1v) is 6.84. The Morgan fingerprint density at radius 1 is 1.14 bits per heavy atom. The van der Waals surface area contributed by atoms with E-state index >= 15 is 0 Å². The molecule has 0 spiro atoms. The molecule has 108 valence electrons. The minimum Gasteiger partial charge on any atom is -0.478 e. The van der Waals surface area contributed by atoms with Gasteiger partial charge in [-0.2, -0.15) is 0 Å². The van der Waals surface area contributed by atoms with E-state index in [2.05, 4.69) is 9.97 Å². The standard InChI is InChI=1S/C14H13N3O3S/c1-17(2)13(18)11-8-10(4-6-15-11)21-12-7-9(14(19)20)3-5-16-12/h3-8H,1-2H3,(H,19,20). The summed E-state index contributed by atoms with van der Waals surface area (Å²) >= 11 is 1.28. The predicted molar refractivity (Wildman–Crippen MR) is 77.6 cm³/mol. The molecule has 0 aromatic carbocycles. The fourth-order valence-electron chi connectivity index (χ4n) is 1.54.